The molecule has 0 saturated heterocycles. The molecule has 3 rings (SSSR count). The highest BCUT2D eigenvalue weighted by Crippen LogP contribution is 2.20. The van der Waals surface area contributed by atoms with Crippen LogP contribution in [0.5, 0.6) is 0 Å². The van der Waals surface area contributed by atoms with Gasteiger partial charge in [-0.3, -0.25) is 10.1 Å². The van der Waals surface area contributed by atoms with E-state index in [0.717, 1.165) is 23.1 Å². The molecule has 1 amide bonds. The van der Waals surface area contributed by atoms with Crippen LogP contribution in [0.25, 0.3) is 0 Å². The summed E-state index contributed by atoms with van der Waals surface area (Å²) in [5.41, 5.74) is 0.598. The van der Waals surface area contributed by atoms with E-state index < -0.39 is 0 Å². The molecule has 0 aliphatic carbocycles. The van der Waals surface area contributed by atoms with Crippen molar-refractivity contribution in [1.82, 2.24) is 19.7 Å². The van der Waals surface area contributed by atoms with Gasteiger partial charge in [-0.05, 0) is 53.3 Å². The van der Waals surface area contributed by atoms with Gasteiger partial charge in [0.1, 0.15) is 0 Å². The van der Waals surface area contributed by atoms with E-state index in [1.165, 1.54) is 11.3 Å². The third kappa shape index (κ3) is 4.74. The van der Waals surface area contributed by atoms with Crippen molar-refractivity contribution in [3.63, 3.8) is 0 Å². The molecule has 0 atom stereocenters. The summed E-state index contributed by atoms with van der Waals surface area (Å²) < 4.78 is 3.11. The van der Waals surface area contributed by atoms with Gasteiger partial charge in [0, 0.05) is 34.6 Å². The van der Waals surface area contributed by atoms with Crippen LogP contribution in [-0.2, 0) is 6.54 Å². The van der Waals surface area contributed by atoms with Gasteiger partial charge in [-0.1, -0.05) is 11.3 Å². The molecule has 9 heteroatoms. The smallest absolute Gasteiger partial charge is 0.257 e. The predicted molar refractivity (Wildman–Crippen MR) is 102 cm³/mol. The Morgan fingerprint density at radius 2 is 2.00 bits per heavy atom. The summed E-state index contributed by atoms with van der Waals surface area (Å²) in [6, 6.07) is 7.35. The lowest BCUT2D eigenvalue weighted by atomic mass is 10.2. The summed E-state index contributed by atoms with van der Waals surface area (Å²) in [6.07, 6.45) is 6.44. The van der Waals surface area contributed by atoms with E-state index in [4.69, 9.17) is 0 Å². The number of carbonyl (C=O) groups excluding carboxylic acids is 1. The van der Waals surface area contributed by atoms with E-state index >= 15 is 0 Å². The molecule has 3 aromatic rings. The van der Waals surface area contributed by atoms with E-state index in [1.54, 1.807) is 24.7 Å². The minimum Gasteiger partial charge on any atom is -0.360 e. The fraction of sp³-hybridized carbons (Fsp3) is 0.200. The van der Waals surface area contributed by atoms with Crippen LogP contribution in [0.15, 0.2) is 43.0 Å². The number of hydrogen-bond acceptors (Lipinski definition) is 6. The third-order valence-corrected chi connectivity index (χ3v) is 4.70. The monoisotopic (exact) mass is 454 g/mol. The fourth-order valence-corrected chi connectivity index (χ4v) is 3.02. The van der Waals surface area contributed by atoms with Crippen LogP contribution in [0, 0.1) is 3.57 Å². The molecular formula is C15H15IN6OS. The highest BCUT2D eigenvalue weighted by atomic mass is 127. The van der Waals surface area contributed by atoms with Gasteiger partial charge in [0.25, 0.3) is 5.91 Å². The Bertz CT molecular complexity index is 787. The first-order valence-corrected chi connectivity index (χ1v) is 9.20. The Balaban J connectivity index is 1.46. The van der Waals surface area contributed by atoms with Crippen LogP contribution < -0.4 is 10.6 Å². The number of aryl methyl sites for hydroxylation is 1. The highest BCUT2D eigenvalue weighted by molar-refractivity contribution is 14.1. The number of benzene rings is 1. The maximum Gasteiger partial charge on any atom is 0.257 e. The lowest BCUT2D eigenvalue weighted by molar-refractivity contribution is 0.102. The number of aromatic nitrogens is 4. The minimum atomic E-state index is -0.186. The average Bonchev–Trinajstić information content (AvgIpc) is 3.24. The van der Waals surface area contributed by atoms with Gasteiger partial charge in [-0.15, -0.1) is 10.2 Å². The number of nitrogens with one attached hydrogen (secondary N) is 2. The van der Waals surface area contributed by atoms with E-state index in [1.807, 2.05) is 22.9 Å². The number of rotatable bonds is 7. The second kappa shape index (κ2) is 8.20. The van der Waals surface area contributed by atoms with Crippen LogP contribution in [0.2, 0.25) is 0 Å². The van der Waals surface area contributed by atoms with Gasteiger partial charge in [0.15, 0.2) is 0 Å². The maximum absolute atomic E-state index is 12.1. The molecule has 0 aliphatic rings. The van der Waals surface area contributed by atoms with Crippen molar-refractivity contribution < 1.29 is 4.79 Å². The van der Waals surface area contributed by atoms with Crippen molar-refractivity contribution in [1.29, 1.82) is 0 Å². The number of carbonyl (C=O) groups is 1. The second-order valence-corrected chi connectivity index (χ2v) is 7.18. The molecule has 0 radical (unpaired) electrons. The summed E-state index contributed by atoms with van der Waals surface area (Å²) in [5.74, 6) is -0.186. The van der Waals surface area contributed by atoms with Crippen LogP contribution in [0.4, 0.5) is 10.3 Å². The molecule has 124 valence electrons. The molecule has 0 fully saturated rings. The lowest BCUT2D eigenvalue weighted by Gasteiger charge is -2.03. The molecule has 1 aromatic carbocycles. The number of hydrogen-bond donors (Lipinski definition) is 2. The summed E-state index contributed by atoms with van der Waals surface area (Å²) in [4.78, 5) is 16.1. The highest BCUT2D eigenvalue weighted by Gasteiger charge is 2.10. The predicted octanol–water partition coefficient (Wildman–Crippen LogP) is 3.09. The first kappa shape index (κ1) is 16.8. The van der Waals surface area contributed by atoms with Crippen molar-refractivity contribution in [2.75, 3.05) is 17.2 Å². The molecule has 0 unspecified atom stereocenters. The molecular weight excluding hydrogens is 439 g/mol. The van der Waals surface area contributed by atoms with Crippen LogP contribution in [0.3, 0.4) is 0 Å². The van der Waals surface area contributed by atoms with E-state index in [0.29, 0.717) is 15.8 Å². The SMILES string of the molecule is O=C(Nc1nnc(NCCCn2ccnc2)s1)c1ccc(I)cc1. The van der Waals surface area contributed by atoms with Crippen molar-refractivity contribution >= 4 is 50.1 Å². The number of imidazole rings is 1. The van der Waals surface area contributed by atoms with Crippen LogP contribution in [0.1, 0.15) is 16.8 Å². The average molecular weight is 454 g/mol. The Morgan fingerprint density at radius 1 is 1.21 bits per heavy atom. The van der Waals surface area contributed by atoms with Gasteiger partial charge in [-0.2, -0.15) is 0 Å². The fourth-order valence-electron chi connectivity index (χ4n) is 1.99. The minimum absolute atomic E-state index is 0.186. The zero-order valence-electron chi connectivity index (χ0n) is 12.6. The summed E-state index contributed by atoms with van der Waals surface area (Å²) in [5, 5.41) is 15.2. The normalized spacial score (nSPS) is 10.5. The largest absolute Gasteiger partial charge is 0.360 e. The number of halogens is 1. The van der Waals surface area contributed by atoms with Gasteiger partial charge < -0.3 is 9.88 Å². The zero-order chi connectivity index (χ0) is 16.8. The first-order chi connectivity index (χ1) is 11.7. The van der Waals surface area contributed by atoms with Gasteiger partial charge in [-0.25, -0.2) is 4.98 Å². The molecule has 0 saturated carbocycles. The Labute approximate surface area is 156 Å². The first-order valence-electron chi connectivity index (χ1n) is 7.31. The van der Waals surface area contributed by atoms with Gasteiger partial charge in [0.2, 0.25) is 10.3 Å². The lowest BCUT2D eigenvalue weighted by Crippen LogP contribution is -2.11. The number of nitrogens with zero attached hydrogens (tertiary/aromatic N) is 4. The van der Waals surface area contributed by atoms with Gasteiger partial charge in [0.05, 0.1) is 6.33 Å². The summed E-state index contributed by atoms with van der Waals surface area (Å²) in [7, 11) is 0. The molecule has 0 spiro atoms. The molecule has 7 nitrogen and oxygen atoms in total. The standard InChI is InChI=1S/C15H15IN6OS/c16-12-4-2-11(3-5-12)13(23)19-15-21-20-14(24-15)18-6-1-8-22-9-7-17-10-22/h2-5,7,9-10H,1,6,8H2,(H,18,20)(H,19,21,23). The Kier molecular flexibility index (Phi) is 5.75. The molecule has 0 aliphatic heterocycles. The maximum atomic E-state index is 12.1. The quantitative estimate of drug-likeness (QED) is 0.424. The summed E-state index contributed by atoms with van der Waals surface area (Å²) in [6.45, 7) is 1.67. The van der Waals surface area contributed by atoms with E-state index in [-0.39, 0.29) is 5.91 Å². The number of anilines is 2. The molecule has 24 heavy (non-hydrogen) atoms. The van der Waals surface area contributed by atoms with Crippen molar-refractivity contribution in [2.24, 2.45) is 0 Å². The number of amides is 1. The summed E-state index contributed by atoms with van der Waals surface area (Å²) >= 11 is 3.52. The third-order valence-electron chi connectivity index (χ3n) is 3.18. The van der Waals surface area contributed by atoms with Crippen LogP contribution in [-0.4, -0.2) is 32.2 Å². The molecule has 2 N–H and O–H groups in total. The van der Waals surface area contributed by atoms with E-state index in [9.17, 15) is 4.79 Å². The molecule has 0 bridgehead atoms. The topological polar surface area (TPSA) is 84.7 Å². The van der Waals surface area contributed by atoms with Crippen molar-refractivity contribution in [3.05, 3.63) is 52.1 Å². The van der Waals surface area contributed by atoms with Crippen molar-refractivity contribution in [3.8, 4) is 0 Å². The van der Waals surface area contributed by atoms with E-state index in [2.05, 4.69) is 48.4 Å². The Hall–Kier alpha value is -2.01. The molecule has 2 aromatic heterocycles. The van der Waals surface area contributed by atoms with Crippen molar-refractivity contribution in [2.45, 2.75) is 13.0 Å². The molecule has 2 heterocycles. The second-order valence-electron chi connectivity index (χ2n) is 4.95. The zero-order valence-corrected chi connectivity index (χ0v) is 15.6. The van der Waals surface area contributed by atoms with Gasteiger partial charge >= 0.3 is 0 Å². The Morgan fingerprint density at radius 3 is 2.75 bits per heavy atom. The van der Waals surface area contributed by atoms with Crippen LogP contribution >= 0.6 is 33.9 Å².